The molecule has 2 bridgehead atoms. The third-order valence-corrected chi connectivity index (χ3v) is 8.98. The van der Waals surface area contributed by atoms with Gasteiger partial charge < -0.3 is 29.7 Å². The van der Waals surface area contributed by atoms with Gasteiger partial charge in [0, 0.05) is 60.1 Å². The Kier molecular flexibility index (Phi) is 6.34. The molecule has 2 saturated heterocycles. The van der Waals surface area contributed by atoms with E-state index < -0.39 is 0 Å². The van der Waals surface area contributed by atoms with E-state index in [1.54, 1.807) is 12.1 Å². The smallest absolute Gasteiger partial charge is 0.318 e. The summed E-state index contributed by atoms with van der Waals surface area (Å²) in [5.41, 5.74) is 3.87. The highest BCUT2D eigenvalue weighted by molar-refractivity contribution is 5.92. The zero-order valence-electron chi connectivity index (χ0n) is 23.3. The molecule has 8 nitrogen and oxygen atoms in total. The monoisotopic (exact) mass is 539 g/mol. The standard InChI is InChI=1S/C32H37N5O3/c1-4-20-6-5-7-21-12-24(38)13-25(29(20)21)28-14-27-26(17-39-28)30(37-15-22-8-9-23(16-37)33-22)35-31(34-27)40-19-32(10-11-32)18-36(2)3/h1,5-7,12-13,22-23,28,33,38H,8-11,14-19H2,2-3H3. The van der Waals surface area contributed by atoms with Crippen LogP contribution in [0.4, 0.5) is 5.82 Å². The summed E-state index contributed by atoms with van der Waals surface area (Å²) in [7, 11) is 4.23. The third-order valence-electron chi connectivity index (χ3n) is 8.98. The lowest BCUT2D eigenvalue weighted by atomic mass is 9.92. The highest BCUT2D eigenvalue weighted by Gasteiger charge is 2.44. The minimum Gasteiger partial charge on any atom is -0.508 e. The summed E-state index contributed by atoms with van der Waals surface area (Å²) in [5, 5.41) is 16.1. The summed E-state index contributed by atoms with van der Waals surface area (Å²) in [6, 6.07) is 10.8. The highest BCUT2D eigenvalue weighted by atomic mass is 16.5. The van der Waals surface area contributed by atoms with Gasteiger partial charge in [-0.1, -0.05) is 18.1 Å². The van der Waals surface area contributed by atoms with Crippen molar-refractivity contribution in [2.24, 2.45) is 5.41 Å². The number of aromatic hydroxyl groups is 1. The summed E-state index contributed by atoms with van der Waals surface area (Å²) in [4.78, 5) is 14.6. The zero-order chi connectivity index (χ0) is 27.4. The Labute approximate surface area is 235 Å². The van der Waals surface area contributed by atoms with Gasteiger partial charge >= 0.3 is 6.01 Å². The lowest BCUT2D eigenvalue weighted by molar-refractivity contribution is 0.0263. The van der Waals surface area contributed by atoms with Crippen LogP contribution in [0.1, 0.15) is 54.2 Å². The lowest BCUT2D eigenvalue weighted by Gasteiger charge is -2.36. The molecule has 4 heterocycles. The van der Waals surface area contributed by atoms with E-state index in [9.17, 15) is 5.11 Å². The molecule has 0 radical (unpaired) electrons. The second-order valence-electron chi connectivity index (χ2n) is 12.4. The predicted molar refractivity (Wildman–Crippen MR) is 155 cm³/mol. The number of hydrogen-bond acceptors (Lipinski definition) is 8. The van der Waals surface area contributed by atoms with Crippen molar-refractivity contribution in [2.75, 3.05) is 45.2 Å². The Hall–Kier alpha value is -3.38. The normalized spacial score (nSPS) is 24.6. The molecule has 2 aromatic carbocycles. The number of nitrogens with zero attached hydrogens (tertiary/aromatic N) is 4. The van der Waals surface area contributed by atoms with E-state index in [-0.39, 0.29) is 17.3 Å². The first-order chi connectivity index (χ1) is 19.4. The number of fused-ring (bicyclic) bond motifs is 4. The van der Waals surface area contributed by atoms with Crippen molar-refractivity contribution in [1.29, 1.82) is 0 Å². The summed E-state index contributed by atoms with van der Waals surface area (Å²) < 4.78 is 12.9. The minimum absolute atomic E-state index is 0.189. The fourth-order valence-corrected chi connectivity index (χ4v) is 6.96. The Morgan fingerprint density at radius 3 is 2.73 bits per heavy atom. The fraction of sp³-hybridized carbons (Fsp3) is 0.500. The van der Waals surface area contributed by atoms with E-state index in [4.69, 9.17) is 25.9 Å². The van der Waals surface area contributed by atoms with Crippen LogP contribution in [-0.2, 0) is 17.8 Å². The third kappa shape index (κ3) is 4.77. The second kappa shape index (κ2) is 9.91. The van der Waals surface area contributed by atoms with Crippen LogP contribution in [0.3, 0.4) is 0 Å². The number of piperazine rings is 1. The molecule has 1 aromatic heterocycles. The number of nitrogens with one attached hydrogen (secondary N) is 1. The van der Waals surface area contributed by atoms with Crippen molar-refractivity contribution >= 4 is 16.6 Å². The minimum atomic E-state index is -0.296. The number of benzene rings is 2. The lowest BCUT2D eigenvalue weighted by Crippen LogP contribution is -2.51. The van der Waals surface area contributed by atoms with Crippen molar-refractivity contribution in [3.05, 3.63) is 52.7 Å². The molecule has 3 aromatic rings. The number of ether oxygens (including phenoxy) is 2. The average Bonchev–Trinajstić information content (AvgIpc) is 3.63. The molecule has 4 aliphatic rings. The van der Waals surface area contributed by atoms with Gasteiger partial charge in [0.15, 0.2) is 0 Å². The summed E-state index contributed by atoms with van der Waals surface area (Å²) in [5.74, 6) is 3.96. The Morgan fingerprint density at radius 1 is 1.20 bits per heavy atom. The molecular weight excluding hydrogens is 502 g/mol. The first-order valence-corrected chi connectivity index (χ1v) is 14.4. The molecule has 3 unspecified atom stereocenters. The topological polar surface area (TPSA) is 83.0 Å². The van der Waals surface area contributed by atoms with Crippen LogP contribution in [0.2, 0.25) is 0 Å². The van der Waals surface area contributed by atoms with Gasteiger partial charge in [-0.15, -0.1) is 6.42 Å². The highest BCUT2D eigenvalue weighted by Crippen LogP contribution is 2.46. The van der Waals surface area contributed by atoms with Crippen molar-refractivity contribution in [3.63, 3.8) is 0 Å². The van der Waals surface area contributed by atoms with Gasteiger partial charge in [-0.05, 0) is 68.9 Å². The van der Waals surface area contributed by atoms with Gasteiger partial charge in [0.1, 0.15) is 11.6 Å². The first kappa shape index (κ1) is 25.6. The molecule has 0 spiro atoms. The van der Waals surface area contributed by atoms with Gasteiger partial charge in [0.25, 0.3) is 0 Å². The molecule has 3 aliphatic heterocycles. The van der Waals surface area contributed by atoms with Crippen LogP contribution in [0.5, 0.6) is 11.8 Å². The fourth-order valence-electron chi connectivity index (χ4n) is 6.96. The Balaban J connectivity index is 1.25. The van der Waals surface area contributed by atoms with E-state index in [1.807, 2.05) is 18.2 Å². The quantitative estimate of drug-likeness (QED) is 0.439. The van der Waals surface area contributed by atoms with Crippen molar-refractivity contribution < 1.29 is 14.6 Å². The number of anilines is 1. The molecule has 0 amide bonds. The number of phenols is 1. The van der Waals surface area contributed by atoms with Crippen molar-refractivity contribution in [1.82, 2.24) is 20.2 Å². The van der Waals surface area contributed by atoms with Crippen LogP contribution in [0, 0.1) is 17.8 Å². The maximum absolute atomic E-state index is 10.6. The maximum atomic E-state index is 10.6. The number of terminal acetylenes is 1. The summed E-state index contributed by atoms with van der Waals surface area (Å²) in [6.45, 7) is 3.88. The molecule has 2 N–H and O–H groups in total. The Morgan fingerprint density at radius 2 is 2.00 bits per heavy atom. The van der Waals surface area contributed by atoms with E-state index in [2.05, 4.69) is 35.1 Å². The second-order valence-corrected chi connectivity index (χ2v) is 12.4. The number of aromatic nitrogens is 2. The van der Waals surface area contributed by atoms with Crippen LogP contribution >= 0.6 is 0 Å². The molecule has 7 rings (SSSR count). The van der Waals surface area contributed by atoms with Crippen LogP contribution < -0.4 is 15.0 Å². The van der Waals surface area contributed by atoms with Crippen molar-refractivity contribution in [2.45, 2.75) is 56.9 Å². The van der Waals surface area contributed by atoms with Gasteiger partial charge in [-0.2, -0.15) is 9.97 Å². The molecule has 8 heteroatoms. The molecule has 1 aliphatic carbocycles. The molecule has 3 atom stereocenters. The average molecular weight is 540 g/mol. The van der Waals surface area contributed by atoms with Gasteiger partial charge in [0.05, 0.1) is 25.0 Å². The maximum Gasteiger partial charge on any atom is 0.318 e. The number of phenolic OH excluding ortho intramolecular Hbond substituents is 1. The molecule has 40 heavy (non-hydrogen) atoms. The first-order valence-electron chi connectivity index (χ1n) is 14.4. The van der Waals surface area contributed by atoms with Gasteiger partial charge in [-0.25, -0.2) is 0 Å². The van der Waals surface area contributed by atoms with E-state index in [1.165, 1.54) is 25.7 Å². The summed E-state index contributed by atoms with van der Waals surface area (Å²) in [6.07, 6.45) is 10.9. The van der Waals surface area contributed by atoms with E-state index >= 15 is 0 Å². The molecule has 3 fully saturated rings. The Bertz CT molecular complexity index is 1480. The molecule has 208 valence electrons. The van der Waals surface area contributed by atoms with Crippen molar-refractivity contribution in [3.8, 4) is 24.1 Å². The number of hydrogen-bond donors (Lipinski definition) is 2. The molecule has 1 saturated carbocycles. The summed E-state index contributed by atoms with van der Waals surface area (Å²) >= 11 is 0. The van der Waals surface area contributed by atoms with E-state index in [0.29, 0.717) is 37.7 Å². The SMILES string of the molecule is C#Cc1cccc2cc(O)cc(C3Cc4nc(OCC5(CN(C)C)CC5)nc(N5CC6CCC(C5)N6)c4CO3)c12. The van der Waals surface area contributed by atoms with Gasteiger partial charge in [0.2, 0.25) is 0 Å². The molecular formula is C32H37N5O3. The van der Waals surface area contributed by atoms with Crippen LogP contribution in [0.15, 0.2) is 30.3 Å². The van der Waals surface area contributed by atoms with E-state index in [0.717, 1.165) is 58.6 Å². The number of rotatable bonds is 7. The largest absolute Gasteiger partial charge is 0.508 e. The predicted octanol–water partition coefficient (Wildman–Crippen LogP) is 3.79. The van der Waals surface area contributed by atoms with Gasteiger partial charge in [-0.3, -0.25) is 0 Å². The van der Waals surface area contributed by atoms with Crippen LogP contribution in [-0.4, -0.2) is 72.4 Å². The zero-order valence-corrected chi connectivity index (χ0v) is 23.3. The van der Waals surface area contributed by atoms with Crippen LogP contribution in [0.25, 0.3) is 10.8 Å².